The topological polar surface area (TPSA) is 60.6 Å². The SMILES string of the molecule is CCN1CCN(CCOc2ccc3[nH]c(=O)c4c(c3c2)NCCC4)CC1. The van der Waals surface area contributed by atoms with Crippen LogP contribution in [0.1, 0.15) is 18.9 Å². The van der Waals surface area contributed by atoms with Crippen LogP contribution in [0.25, 0.3) is 10.9 Å². The van der Waals surface area contributed by atoms with Crippen LogP contribution < -0.4 is 15.6 Å². The van der Waals surface area contributed by atoms with Crippen molar-refractivity contribution in [1.82, 2.24) is 14.8 Å². The molecule has 1 aromatic carbocycles. The lowest BCUT2D eigenvalue weighted by Crippen LogP contribution is -2.47. The van der Waals surface area contributed by atoms with Crippen LogP contribution in [-0.4, -0.2) is 67.2 Å². The molecule has 2 aliphatic rings. The molecule has 2 aromatic rings. The lowest BCUT2D eigenvalue weighted by atomic mass is 10.0. The summed E-state index contributed by atoms with van der Waals surface area (Å²) in [6, 6.07) is 5.95. The Labute approximate surface area is 154 Å². The van der Waals surface area contributed by atoms with Crippen molar-refractivity contribution in [3.05, 3.63) is 34.1 Å². The van der Waals surface area contributed by atoms with E-state index in [1.54, 1.807) is 0 Å². The molecule has 1 fully saturated rings. The Kier molecular flexibility index (Phi) is 5.13. The zero-order chi connectivity index (χ0) is 17.9. The van der Waals surface area contributed by atoms with Gasteiger partial charge in [-0.25, -0.2) is 0 Å². The Bertz CT molecular complexity index is 824. The molecule has 0 amide bonds. The largest absolute Gasteiger partial charge is 0.492 e. The number of hydrogen-bond donors (Lipinski definition) is 2. The number of hydrogen-bond acceptors (Lipinski definition) is 5. The molecule has 2 N–H and O–H groups in total. The summed E-state index contributed by atoms with van der Waals surface area (Å²) in [6.07, 6.45) is 1.84. The average Bonchev–Trinajstić information content (AvgIpc) is 2.69. The summed E-state index contributed by atoms with van der Waals surface area (Å²) >= 11 is 0. The quantitative estimate of drug-likeness (QED) is 0.857. The van der Waals surface area contributed by atoms with Gasteiger partial charge in [0.1, 0.15) is 12.4 Å². The van der Waals surface area contributed by atoms with E-state index in [0.717, 1.165) is 86.6 Å². The molecule has 3 heterocycles. The van der Waals surface area contributed by atoms with Crippen LogP contribution in [0.3, 0.4) is 0 Å². The fraction of sp³-hybridized carbons (Fsp3) is 0.550. The molecule has 2 aliphatic heterocycles. The second-order valence-corrected chi connectivity index (χ2v) is 7.17. The van der Waals surface area contributed by atoms with Gasteiger partial charge in [-0.15, -0.1) is 0 Å². The molecule has 1 aromatic heterocycles. The maximum atomic E-state index is 12.2. The summed E-state index contributed by atoms with van der Waals surface area (Å²) in [4.78, 5) is 20.2. The summed E-state index contributed by atoms with van der Waals surface area (Å²) in [5, 5.41) is 4.45. The van der Waals surface area contributed by atoms with Crippen LogP contribution >= 0.6 is 0 Å². The first-order valence-electron chi connectivity index (χ1n) is 9.75. The number of nitrogens with zero attached hydrogens (tertiary/aromatic N) is 2. The molecule has 4 rings (SSSR count). The minimum Gasteiger partial charge on any atom is -0.492 e. The minimum absolute atomic E-state index is 0.0274. The third-order valence-corrected chi connectivity index (χ3v) is 5.58. The summed E-state index contributed by atoms with van der Waals surface area (Å²) < 4.78 is 6.02. The molecule has 0 unspecified atom stereocenters. The van der Waals surface area contributed by atoms with Crippen LogP contribution in [0.2, 0.25) is 0 Å². The third-order valence-electron chi connectivity index (χ3n) is 5.58. The Balaban J connectivity index is 1.43. The molecule has 0 atom stereocenters. The highest BCUT2D eigenvalue weighted by atomic mass is 16.5. The van der Waals surface area contributed by atoms with E-state index in [1.165, 1.54) is 0 Å². The molecule has 0 aliphatic carbocycles. The van der Waals surface area contributed by atoms with Crippen molar-refractivity contribution in [2.24, 2.45) is 0 Å². The molecular weight excluding hydrogens is 328 g/mol. The van der Waals surface area contributed by atoms with Crippen molar-refractivity contribution in [1.29, 1.82) is 0 Å². The zero-order valence-corrected chi connectivity index (χ0v) is 15.5. The minimum atomic E-state index is 0.0274. The van der Waals surface area contributed by atoms with E-state index in [1.807, 2.05) is 12.1 Å². The first-order chi connectivity index (χ1) is 12.7. The molecular formula is C20H28N4O2. The van der Waals surface area contributed by atoms with Gasteiger partial charge in [0.2, 0.25) is 0 Å². The third kappa shape index (κ3) is 3.57. The van der Waals surface area contributed by atoms with Crippen molar-refractivity contribution in [3.8, 4) is 5.75 Å². The lowest BCUT2D eigenvalue weighted by molar-refractivity contribution is 0.121. The Hall–Kier alpha value is -2.05. The first-order valence-corrected chi connectivity index (χ1v) is 9.75. The van der Waals surface area contributed by atoms with Gasteiger partial charge in [-0.05, 0) is 37.6 Å². The van der Waals surface area contributed by atoms with E-state index in [4.69, 9.17) is 4.74 Å². The second kappa shape index (κ2) is 7.68. The maximum Gasteiger partial charge on any atom is 0.253 e. The molecule has 6 heteroatoms. The number of H-pyrrole nitrogens is 1. The van der Waals surface area contributed by atoms with Crippen LogP contribution in [0.5, 0.6) is 5.75 Å². The van der Waals surface area contributed by atoms with Gasteiger partial charge >= 0.3 is 0 Å². The van der Waals surface area contributed by atoms with Gasteiger partial charge < -0.3 is 19.9 Å². The Morgan fingerprint density at radius 3 is 2.77 bits per heavy atom. The molecule has 0 spiro atoms. The molecule has 140 valence electrons. The molecule has 1 saturated heterocycles. The van der Waals surface area contributed by atoms with Gasteiger partial charge in [0.25, 0.3) is 5.56 Å². The number of nitrogens with one attached hydrogen (secondary N) is 2. The molecule has 0 radical (unpaired) electrons. The van der Waals surface area contributed by atoms with Gasteiger partial charge in [-0.3, -0.25) is 9.69 Å². The van der Waals surface area contributed by atoms with Crippen LogP contribution in [0, 0.1) is 0 Å². The smallest absolute Gasteiger partial charge is 0.253 e. The number of piperazine rings is 1. The molecule has 26 heavy (non-hydrogen) atoms. The number of likely N-dealkylation sites (N-methyl/N-ethyl adjacent to an activating group) is 1. The van der Waals surface area contributed by atoms with Gasteiger partial charge in [0.05, 0.1) is 11.2 Å². The van der Waals surface area contributed by atoms with Crippen LogP contribution in [0.15, 0.2) is 23.0 Å². The number of pyridine rings is 1. The second-order valence-electron chi connectivity index (χ2n) is 7.17. The summed E-state index contributed by atoms with van der Waals surface area (Å²) in [7, 11) is 0. The van der Waals surface area contributed by atoms with E-state index in [9.17, 15) is 4.79 Å². The lowest BCUT2D eigenvalue weighted by Gasteiger charge is -2.33. The average molecular weight is 356 g/mol. The van der Waals surface area contributed by atoms with E-state index < -0.39 is 0 Å². The van der Waals surface area contributed by atoms with E-state index in [-0.39, 0.29) is 5.56 Å². The molecule has 6 nitrogen and oxygen atoms in total. The van der Waals surface area contributed by atoms with E-state index in [0.29, 0.717) is 6.61 Å². The number of ether oxygens (including phenoxy) is 1. The van der Waals surface area contributed by atoms with Gasteiger partial charge in [-0.1, -0.05) is 6.92 Å². The highest BCUT2D eigenvalue weighted by Gasteiger charge is 2.17. The number of rotatable bonds is 5. The number of aromatic amines is 1. The normalized spacial score (nSPS) is 18.5. The predicted octanol–water partition coefficient (Wildman–Crippen LogP) is 1.90. The number of fused-ring (bicyclic) bond motifs is 3. The highest BCUT2D eigenvalue weighted by Crippen LogP contribution is 2.30. The Morgan fingerprint density at radius 2 is 1.96 bits per heavy atom. The first kappa shape index (κ1) is 17.4. The van der Waals surface area contributed by atoms with Crippen LogP contribution in [0.4, 0.5) is 5.69 Å². The van der Waals surface area contributed by atoms with Crippen molar-refractivity contribution >= 4 is 16.6 Å². The molecule has 0 saturated carbocycles. The number of anilines is 1. The van der Waals surface area contributed by atoms with E-state index >= 15 is 0 Å². The standard InChI is InChI=1S/C20H28N4O2/c1-2-23-8-10-24(11-9-23)12-13-26-15-5-6-18-17(14-15)19-16(20(25)22-18)4-3-7-21-19/h5-6,14,21H,2-4,7-13H2,1H3,(H,22,25). The number of benzene rings is 1. The van der Waals surface area contributed by atoms with Crippen molar-refractivity contribution in [3.63, 3.8) is 0 Å². The van der Waals surface area contributed by atoms with Crippen LogP contribution in [-0.2, 0) is 6.42 Å². The highest BCUT2D eigenvalue weighted by molar-refractivity contribution is 5.94. The zero-order valence-electron chi connectivity index (χ0n) is 15.5. The summed E-state index contributed by atoms with van der Waals surface area (Å²) in [6.45, 7) is 10.5. The molecule has 0 bridgehead atoms. The number of aromatic nitrogens is 1. The van der Waals surface area contributed by atoms with Gasteiger partial charge in [0, 0.05) is 50.2 Å². The maximum absolute atomic E-state index is 12.2. The van der Waals surface area contributed by atoms with E-state index in [2.05, 4.69) is 33.1 Å². The van der Waals surface area contributed by atoms with Gasteiger partial charge in [-0.2, -0.15) is 0 Å². The summed E-state index contributed by atoms with van der Waals surface area (Å²) in [5.74, 6) is 0.867. The summed E-state index contributed by atoms with van der Waals surface area (Å²) in [5.41, 5.74) is 2.75. The van der Waals surface area contributed by atoms with Gasteiger partial charge in [0.15, 0.2) is 0 Å². The van der Waals surface area contributed by atoms with Crippen molar-refractivity contribution in [2.75, 3.05) is 57.7 Å². The van der Waals surface area contributed by atoms with Crippen molar-refractivity contribution < 1.29 is 4.74 Å². The monoisotopic (exact) mass is 356 g/mol. The fourth-order valence-corrected chi connectivity index (χ4v) is 3.94. The predicted molar refractivity (Wildman–Crippen MR) is 105 cm³/mol. The fourth-order valence-electron chi connectivity index (χ4n) is 3.94. The Morgan fingerprint density at radius 1 is 1.15 bits per heavy atom. The van der Waals surface area contributed by atoms with Crippen molar-refractivity contribution in [2.45, 2.75) is 19.8 Å².